The minimum absolute atomic E-state index is 0.164. The van der Waals surface area contributed by atoms with Gasteiger partial charge in [0, 0.05) is 25.0 Å². The molecule has 35 heavy (non-hydrogen) atoms. The molecular formula is C21H19F3N6O4S. The lowest BCUT2D eigenvalue weighted by Gasteiger charge is -2.27. The number of fused-ring (bicyclic) bond motifs is 2. The van der Waals surface area contributed by atoms with Crippen LogP contribution in [-0.4, -0.2) is 53.4 Å². The maximum atomic E-state index is 12.8. The summed E-state index contributed by atoms with van der Waals surface area (Å²) < 4.78 is 71.0. The van der Waals surface area contributed by atoms with E-state index in [9.17, 15) is 31.6 Å². The minimum Gasteiger partial charge on any atom is -0.379 e. The standard InChI is InChI=1S/C21H19F3N6O4S/c22-21(23,24)11-29-9-13-7-14(1-2-17(13)35(29,32)33)27-19-18-15(3-5-26-20(18)31)30(28-19)16-10-34-6-4-12(16)8-25/h1-3,5,7,12,16H,4,6,9-11H2,(H,26,31)(H,27,28). The Balaban J connectivity index is 1.52. The number of pyridine rings is 1. The number of alkyl halides is 3. The minimum atomic E-state index is -4.67. The molecule has 10 nitrogen and oxygen atoms in total. The summed E-state index contributed by atoms with van der Waals surface area (Å²) in [6.45, 7) is -1.32. The van der Waals surface area contributed by atoms with Gasteiger partial charge in [-0.2, -0.15) is 27.8 Å². The van der Waals surface area contributed by atoms with Gasteiger partial charge in [-0.05, 0) is 36.2 Å². The summed E-state index contributed by atoms with van der Waals surface area (Å²) in [6.07, 6.45) is -2.69. The maximum Gasteiger partial charge on any atom is 0.402 e. The summed E-state index contributed by atoms with van der Waals surface area (Å²) in [5.41, 5.74) is 0.593. The van der Waals surface area contributed by atoms with Gasteiger partial charge in [-0.15, -0.1) is 0 Å². The summed E-state index contributed by atoms with van der Waals surface area (Å²) in [7, 11) is -4.26. The van der Waals surface area contributed by atoms with E-state index in [2.05, 4.69) is 21.5 Å². The molecule has 184 valence electrons. The Hall–Kier alpha value is -3.41. The van der Waals surface area contributed by atoms with Crippen molar-refractivity contribution >= 4 is 32.4 Å². The molecule has 1 saturated heterocycles. The number of benzene rings is 1. The second kappa shape index (κ2) is 8.36. The number of H-pyrrole nitrogens is 1. The number of nitrogens with zero attached hydrogens (tertiary/aromatic N) is 4. The van der Waals surface area contributed by atoms with Crippen LogP contribution in [0.5, 0.6) is 0 Å². The van der Waals surface area contributed by atoms with Crippen LogP contribution in [0.25, 0.3) is 10.9 Å². The van der Waals surface area contributed by atoms with E-state index in [1.54, 1.807) is 10.7 Å². The predicted molar refractivity (Wildman–Crippen MR) is 117 cm³/mol. The fourth-order valence-corrected chi connectivity index (χ4v) is 6.08. The number of hydrogen-bond acceptors (Lipinski definition) is 7. The molecule has 2 aliphatic heterocycles. The van der Waals surface area contributed by atoms with Crippen molar-refractivity contribution in [2.24, 2.45) is 5.92 Å². The van der Waals surface area contributed by atoms with Gasteiger partial charge in [0.2, 0.25) is 10.0 Å². The largest absolute Gasteiger partial charge is 0.402 e. The highest BCUT2D eigenvalue weighted by atomic mass is 32.2. The number of nitrogens with one attached hydrogen (secondary N) is 2. The number of anilines is 2. The van der Waals surface area contributed by atoms with Crippen molar-refractivity contribution in [1.29, 1.82) is 5.26 Å². The van der Waals surface area contributed by atoms with Crippen molar-refractivity contribution in [2.45, 2.75) is 30.1 Å². The van der Waals surface area contributed by atoms with Crippen molar-refractivity contribution in [3.63, 3.8) is 0 Å². The van der Waals surface area contributed by atoms with Crippen LogP contribution in [0.4, 0.5) is 24.7 Å². The van der Waals surface area contributed by atoms with Gasteiger partial charge in [0.05, 0.1) is 35.0 Å². The topological polar surface area (TPSA) is 133 Å². The molecule has 1 fully saturated rings. The van der Waals surface area contributed by atoms with Gasteiger partial charge >= 0.3 is 6.18 Å². The summed E-state index contributed by atoms with van der Waals surface area (Å²) in [4.78, 5) is 15.0. The average molecular weight is 508 g/mol. The van der Waals surface area contributed by atoms with Gasteiger partial charge in [0.15, 0.2) is 5.82 Å². The van der Waals surface area contributed by atoms with Crippen molar-refractivity contribution in [3.8, 4) is 6.07 Å². The SMILES string of the molecule is N#CC1CCOCC1n1nc(Nc2ccc3c(c2)CN(CC(F)(F)F)S3(=O)=O)c2c(=O)[nH]ccc21. The lowest BCUT2D eigenvalue weighted by Crippen LogP contribution is -2.34. The van der Waals surface area contributed by atoms with Gasteiger partial charge in [0.1, 0.15) is 11.9 Å². The monoisotopic (exact) mass is 508 g/mol. The van der Waals surface area contributed by atoms with Crippen LogP contribution in [0.1, 0.15) is 18.0 Å². The van der Waals surface area contributed by atoms with Crippen molar-refractivity contribution in [3.05, 3.63) is 46.4 Å². The first-order valence-electron chi connectivity index (χ1n) is 10.6. The molecule has 0 bridgehead atoms. The summed E-state index contributed by atoms with van der Waals surface area (Å²) >= 11 is 0. The van der Waals surface area contributed by atoms with E-state index in [0.717, 1.165) is 0 Å². The molecule has 0 spiro atoms. The lowest BCUT2D eigenvalue weighted by molar-refractivity contribution is -0.136. The molecule has 0 aliphatic carbocycles. The Kier molecular flexibility index (Phi) is 5.58. The van der Waals surface area contributed by atoms with Gasteiger partial charge in [-0.3, -0.25) is 9.48 Å². The first kappa shape index (κ1) is 23.3. The van der Waals surface area contributed by atoms with E-state index >= 15 is 0 Å². The molecule has 2 unspecified atom stereocenters. The lowest BCUT2D eigenvalue weighted by atomic mass is 9.96. The van der Waals surface area contributed by atoms with Crippen LogP contribution in [0, 0.1) is 17.2 Å². The van der Waals surface area contributed by atoms with Crippen LogP contribution < -0.4 is 10.9 Å². The highest BCUT2D eigenvalue weighted by Gasteiger charge is 2.42. The molecular weight excluding hydrogens is 489 g/mol. The Morgan fingerprint density at radius 2 is 2.11 bits per heavy atom. The van der Waals surface area contributed by atoms with E-state index < -0.39 is 40.9 Å². The highest BCUT2D eigenvalue weighted by Crippen LogP contribution is 2.36. The number of nitriles is 1. The molecule has 2 aromatic heterocycles. The molecule has 3 aromatic rings. The smallest absolute Gasteiger partial charge is 0.379 e. The number of rotatable bonds is 4. The highest BCUT2D eigenvalue weighted by molar-refractivity contribution is 7.89. The number of halogens is 3. The third kappa shape index (κ3) is 4.15. The van der Waals surface area contributed by atoms with E-state index in [1.165, 1.54) is 24.4 Å². The molecule has 4 heterocycles. The first-order chi connectivity index (χ1) is 16.6. The number of hydrogen-bond donors (Lipinski definition) is 2. The van der Waals surface area contributed by atoms with E-state index in [1.807, 2.05) is 0 Å². The molecule has 0 amide bonds. The molecule has 0 saturated carbocycles. The average Bonchev–Trinajstić information content (AvgIpc) is 3.28. The summed E-state index contributed by atoms with van der Waals surface area (Å²) in [5.74, 6) is -0.208. The molecule has 0 radical (unpaired) electrons. The van der Waals surface area contributed by atoms with Crippen LogP contribution in [-0.2, 0) is 21.3 Å². The molecule has 14 heteroatoms. The quantitative estimate of drug-likeness (QED) is 0.554. The Morgan fingerprint density at radius 3 is 2.86 bits per heavy atom. The summed E-state index contributed by atoms with van der Waals surface area (Å²) in [5, 5.41) is 17.3. The molecule has 1 aromatic carbocycles. The second-order valence-electron chi connectivity index (χ2n) is 8.36. The van der Waals surface area contributed by atoms with E-state index in [0.29, 0.717) is 28.5 Å². The number of sulfonamides is 1. The van der Waals surface area contributed by atoms with Crippen molar-refractivity contribution in [1.82, 2.24) is 19.1 Å². The normalized spacial score (nSPS) is 22.1. The third-order valence-corrected chi connectivity index (χ3v) is 7.97. The Morgan fingerprint density at radius 1 is 1.31 bits per heavy atom. The zero-order valence-electron chi connectivity index (χ0n) is 18.0. The zero-order valence-corrected chi connectivity index (χ0v) is 18.9. The Labute approximate surface area is 197 Å². The number of aromatic amines is 1. The van der Waals surface area contributed by atoms with Crippen LogP contribution in [0.15, 0.2) is 40.2 Å². The third-order valence-electron chi connectivity index (χ3n) is 6.08. The fraction of sp³-hybridized carbons (Fsp3) is 0.381. The van der Waals surface area contributed by atoms with E-state index in [4.69, 9.17) is 4.74 Å². The Bertz CT molecular complexity index is 1510. The molecule has 2 N–H and O–H groups in total. The van der Waals surface area contributed by atoms with Gasteiger partial charge in [-0.25, -0.2) is 8.42 Å². The van der Waals surface area contributed by atoms with Crippen LogP contribution in [0.3, 0.4) is 0 Å². The molecule has 2 atom stereocenters. The fourth-order valence-electron chi connectivity index (χ4n) is 4.48. The van der Waals surface area contributed by atoms with Crippen molar-refractivity contribution < 1.29 is 26.3 Å². The number of ether oxygens (including phenoxy) is 1. The maximum absolute atomic E-state index is 12.8. The van der Waals surface area contributed by atoms with Crippen molar-refractivity contribution in [2.75, 3.05) is 25.1 Å². The number of aromatic nitrogens is 3. The predicted octanol–water partition coefficient (Wildman–Crippen LogP) is 2.64. The van der Waals surface area contributed by atoms with Crippen LogP contribution in [0.2, 0.25) is 0 Å². The first-order valence-corrected chi connectivity index (χ1v) is 12.1. The zero-order chi connectivity index (χ0) is 25.0. The molecule has 5 rings (SSSR count). The van der Waals surface area contributed by atoms with Gasteiger partial charge in [-0.1, -0.05) is 0 Å². The van der Waals surface area contributed by atoms with E-state index in [-0.39, 0.29) is 34.2 Å². The van der Waals surface area contributed by atoms with Crippen LogP contribution >= 0.6 is 0 Å². The van der Waals surface area contributed by atoms with Gasteiger partial charge in [0.25, 0.3) is 5.56 Å². The second-order valence-corrected chi connectivity index (χ2v) is 10.3. The summed E-state index contributed by atoms with van der Waals surface area (Å²) in [6, 6.07) is 7.54. The molecule has 2 aliphatic rings. The van der Waals surface area contributed by atoms with Gasteiger partial charge < -0.3 is 15.0 Å².